The van der Waals surface area contributed by atoms with Crippen LogP contribution >= 0.6 is 11.3 Å². The molecule has 0 radical (unpaired) electrons. The zero-order valence-electron chi connectivity index (χ0n) is 10.4. The fraction of sp³-hybridized carbons (Fsp3) is 0.571. The van der Waals surface area contributed by atoms with Crippen LogP contribution in [0, 0.1) is 11.8 Å². The Kier molecular flexibility index (Phi) is 5.21. The molecule has 0 unspecified atom stereocenters. The second-order valence-electron chi connectivity index (χ2n) is 4.46. The second kappa shape index (κ2) is 6.91. The highest BCUT2D eigenvalue weighted by molar-refractivity contribution is 7.10. The summed E-state index contributed by atoms with van der Waals surface area (Å²) < 4.78 is 0. The number of rotatable bonds is 6. The SMILES string of the molecule is OCCC#Cc1ccsc1CN(CCO)C1CC1. The number of thiophene rings is 1. The Balaban J connectivity index is 1.99. The minimum absolute atomic E-state index is 0.116. The fourth-order valence-corrected chi connectivity index (χ4v) is 2.79. The van der Waals surface area contributed by atoms with E-state index in [9.17, 15) is 0 Å². The third kappa shape index (κ3) is 3.82. The molecule has 1 aliphatic carbocycles. The van der Waals surface area contributed by atoms with Gasteiger partial charge >= 0.3 is 0 Å². The van der Waals surface area contributed by atoms with Gasteiger partial charge in [-0.3, -0.25) is 4.90 Å². The van der Waals surface area contributed by atoms with Crippen molar-refractivity contribution >= 4 is 11.3 Å². The van der Waals surface area contributed by atoms with E-state index >= 15 is 0 Å². The molecule has 1 fully saturated rings. The molecule has 4 heteroatoms. The average Bonchev–Trinajstić information content (AvgIpc) is 3.12. The van der Waals surface area contributed by atoms with Crippen LogP contribution in [0.4, 0.5) is 0 Å². The van der Waals surface area contributed by atoms with E-state index in [1.54, 1.807) is 11.3 Å². The summed E-state index contributed by atoms with van der Waals surface area (Å²) in [5, 5.41) is 19.9. The summed E-state index contributed by atoms with van der Waals surface area (Å²) in [6.45, 7) is 1.96. The van der Waals surface area contributed by atoms with Gasteiger partial charge in [-0.2, -0.15) is 0 Å². The first-order valence-corrected chi connectivity index (χ1v) is 7.24. The molecule has 0 aromatic carbocycles. The molecule has 0 atom stereocenters. The molecule has 3 nitrogen and oxygen atoms in total. The van der Waals surface area contributed by atoms with Gasteiger partial charge < -0.3 is 10.2 Å². The van der Waals surface area contributed by atoms with E-state index in [4.69, 9.17) is 10.2 Å². The third-order valence-corrected chi connectivity index (χ3v) is 3.91. The number of nitrogens with zero attached hydrogens (tertiary/aromatic N) is 1. The lowest BCUT2D eigenvalue weighted by molar-refractivity contribution is 0.184. The predicted molar refractivity (Wildman–Crippen MR) is 73.4 cm³/mol. The van der Waals surface area contributed by atoms with Gasteiger partial charge in [0.25, 0.3) is 0 Å². The van der Waals surface area contributed by atoms with Crippen LogP contribution in [0.1, 0.15) is 29.7 Å². The van der Waals surface area contributed by atoms with Crippen LogP contribution in [0.25, 0.3) is 0 Å². The van der Waals surface area contributed by atoms with Crippen molar-refractivity contribution in [2.24, 2.45) is 0 Å². The number of hydrogen-bond acceptors (Lipinski definition) is 4. The Hall–Kier alpha value is -0.860. The zero-order valence-corrected chi connectivity index (χ0v) is 11.2. The molecule has 2 rings (SSSR count). The standard InChI is InChI=1S/C14H19NO2S/c16-8-2-1-3-12-6-10-18-14(12)11-15(7-9-17)13-4-5-13/h6,10,13,16-17H,2,4-5,7-9,11H2. The smallest absolute Gasteiger partial charge is 0.0558 e. The molecule has 98 valence electrons. The van der Waals surface area contributed by atoms with Crippen molar-refractivity contribution in [3.63, 3.8) is 0 Å². The minimum Gasteiger partial charge on any atom is -0.395 e. The van der Waals surface area contributed by atoms with Crippen molar-refractivity contribution in [2.45, 2.75) is 31.8 Å². The summed E-state index contributed by atoms with van der Waals surface area (Å²) in [5.74, 6) is 6.08. The number of aliphatic hydroxyl groups is 2. The molecule has 0 bridgehead atoms. The van der Waals surface area contributed by atoms with Crippen molar-refractivity contribution in [3.8, 4) is 11.8 Å². The van der Waals surface area contributed by atoms with Crippen molar-refractivity contribution in [1.29, 1.82) is 0 Å². The number of aliphatic hydroxyl groups excluding tert-OH is 2. The van der Waals surface area contributed by atoms with Crippen molar-refractivity contribution in [3.05, 3.63) is 21.9 Å². The largest absolute Gasteiger partial charge is 0.395 e. The minimum atomic E-state index is 0.116. The van der Waals surface area contributed by atoms with Gasteiger partial charge in [0, 0.05) is 36.0 Å². The predicted octanol–water partition coefficient (Wildman–Crippen LogP) is 1.44. The first kappa shape index (κ1) is 13.6. The average molecular weight is 265 g/mol. The lowest BCUT2D eigenvalue weighted by Gasteiger charge is -2.20. The topological polar surface area (TPSA) is 43.7 Å². The molecule has 2 N–H and O–H groups in total. The molecule has 0 spiro atoms. The van der Waals surface area contributed by atoms with Crippen LogP contribution in [0.3, 0.4) is 0 Å². The molecular formula is C14H19NO2S. The third-order valence-electron chi connectivity index (χ3n) is 3.00. The molecular weight excluding hydrogens is 246 g/mol. The summed E-state index contributed by atoms with van der Waals surface area (Å²) in [7, 11) is 0. The fourth-order valence-electron chi connectivity index (χ4n) is 1.93. The molecule has 1 aliphatic rings. The zero-order chi connectivity index (χ0) is 12.8. The highest BCUT2D eigenvalue weighted by atomic mass is 32.1. The van der Waals surface area contributed by atoms with E-state index in [0.29, 0.717) is 12.5 Å². The van der Waals surface area contributed by atoms with E-state index in [1.807, 2.05) is 6.07 Å². The molecule has 18 heavy (non-hydrogen) atoms. The summed E-state index contributed by atoms with van der Waals surface area (Å²) in [5.41, 5.74) is 1.07. The molecule has 0 amide bonds. The Labute approximate surface area is 112 Å². The Morgan fingerprint density at radius 3 is 2.83 bits per heavy atom. The molecule has 0 aliphatic heterocycles. The van der Waals surface area contributed by atoms with Gasteiger partial charge in [0.05, 0.1) is 13.2 Å². The quantitative estimate of drug-likeness (QED) is 0.765. The van der Waals surface area contributed by atoms with E-state index in [-0.39, 0.29) is 13.2 Å². The molecule has 1 saturated carbocycles. The maximum Gasteiger partial charge on any atom is 0.0558 e. The molecule has 1 heterocycles. The van der Waals surface area contributed by atoms with E-state index < -0.39 is 0 Å². The van der Waals surface area contributed by atoms with E-state index in [2.05, 4.69) is 22.1 Å². The van der Waals surface area contributed by atoms with E-state index in [0.717, 1.165) is 18.7 Å². The van der Waals surface area contributed by atoms with Gasteiger partial charge in [0.1, 0.15) is 0 Å². The second-order valence-corrected chi connectivity index (χ2v) is 5.46. The van der Waals surface area contributed by atoms with Crippen LogP contribution in [0.5, 0.6) is 0 Å². The normalized spacial score (nSPS) is 14.6. The Bertz CT molecular complexity index is 428. The van der Waals surface area contributed by atoms with Crippen LogP contribution in [0.15, 0.2) is 11.4 Å². The van der Waals surface area contributed by atoms with Crippen molar-refractivity contribution in [1.82, 2.24) is 4.90 Å². The van der Waals surface area contributed by atoms with Gasteiger partial charge in [-0.1, -0.05) is 11.8 Å². The summed E-state index contributed by atoms with van der Waals surface area (Å²) >= 11 is 1.72. The Morgan fingerprint density at radius 1 is 1.33 bits per heavy atom. The highest BCUT2D eigenvalue weighted by Crippen LogP contribution is 2.29. The monoisotopic (exact) mass is 265 g/mol. The van der Waals surface area contributed by atoms with E-state index in [1.165, 1.54) is 17.7 Å². The summed E-state index contributed by atoms with van der Waals surface area (Å²) in [6.07, 6.45) is 3.02. The van der Waals surface area contributed by atoms with Crippen LogP contribution in [-0.2, 0) is 6.54 Å². The van der Waals surface area contributed by atoms with Gasteiger partial charge in [0.15, 0.2) is 0 Å². The van der Waals surface area contributed by atoms with Crippen molar-refractivity contribution in [2.75, 3.05) is 19.8 Å². The van der Waals surface area contributed by atoms with Crippen LogP contribution in [0.2, 0.25) is 0 Å². The van der Waals surface area contributed by atoms with Crippen LogP contribution in [-0.4, -0.2) is 40.9 Å². The highest BCUT2D eigenvalue weighted by Gasteiger charge is 2.28. The molecule has 1 aromatic heterocycles. The lowest BCUT2D eigenvalue weighted by Crippen LogP contribution is -2.28. The first-order chi connectivity index (χ1) is 8.85. The Morgan fingerprint density at radius 2 is 2.17 bits per heavy atom. The molecule has 0 saturated heterocycles. The molecule has 1 aromatic rings. The maximum absolute atomic E-state index is 9.09. The number of hydrogen-bond donors (Lipinski definition) is 2. The maximum atomic E-state index is 9.09. The van der Waals surface area contributed by atoms with Crippen molar-refractivity contribution < 1.29 is 10.2 Å². The summed E-state index contributed by atoms with van der Waals surface area (Å²) in [6, 6.07) is 2.69. The van der Waals surface area contributed by atoms with Gasteiger partial charge in [0.2, 0.25) is 0 Å². The van der Waals surface area contributed by atoms with Gasteiger partial charge in [-0.05, 0) is 24.3 Å². The van der Waals surface area contributed by atoms with Gasteiger partial charge in [-0.15, -0.1) is 11.3 Å². The van der Waals surface area contributed by atoms with Gasteiger partial charge in [-0.25, -0.2) is 0 Å². The summed E-state index contributed by atoms with van der Waals surface area (Å²) in [4.78, 5) is 3.60. The first-order valence-electron chi connectivity index (χ1n) is 6.36. The van der Waals surface area contributed by atoms with Crippen LogP contribution < -0.4 is 0 Å². The lowest BCUT2D eigenvalue weighted by atomic mass is 10.2.